The Morgan fingerprint density at radius 2 is 1.86 bits per heavy atom. The molecule has 0 aliphatic heterocycles. The molecule has 0 fully saturated rings. The standard InChI is InChI=1S/C15H27N3O2S/c1-5-7-15(20,8-6-2)10-17-14(19)16-9-13-11(3)21-12(4)18-13/h20H,5-10H2,1-4H3,(H2,16,17,19). The zero-order valence-corrected chi connectivity index (χ0v) is 14.3. The lowest BCUT2D eigenvalue weighted by molar-refractivity contribution is 0.0241. The van der Waals surface area contributed by atoms with Gasteiger partial charge >= 0.3 is 6.03 Å². The quantitative estimate of drug-likeness (QED) is 0.691. The summed E-state index contributed by atoms with van der Waals surface area (Å²) in [5.41, 5.74) is 0.110. The first-order chi connectivity index (χ1) is 9.90. The number of hydrogen-bond donors (Lipinski definition) is 3. The molecule has 3 N–H and O–H groups in total. The van der Waals surface area contributed by atoms with Crippen molar-refractivity contribution in [3.8, 4) is 0 Å². The highest BCUT2D eigenvalue weighted by Crippen LogP contribution is 2.18. The van der Waals surface area contributed by atoms with Gasteiger partial charge in [0.2, 0.25) is 0 Å². The van der Waals surface area contributed by atoms with Gasteiger partial charge in [-0.15, -0.1) is 11.3 Å². The predicted octanol–water partition coefficient (Wildman–Crippen LogP) is 2.89. The molecule has 0 radical (unpaired) electrons. The molecule has 0 unspecified atom stereocenters. The highest BCUT2D eigenvalue weighted by molar-refractivity contribution is 7.11. The summed E-state index contributed by atoms with van der Waals surface area (Å²) >= 11 is 1.63. The molecule has 1 aromatic heterocycles. The van der Waals surface area contributed by atoms with Crippen LogP contribution in [0.2, 0.25) is 0 Å². The number of amides is 2. The Bertz CT molecular complexity index is 454. The van der Waals surface area contributed by atoms with E-state index in [1.54, 1.807) is 11.3 Å². The van der Waals surface area contributed by atoms with Crippen LogP contribution in [0, 0.1) is 13.8 Å². The van der Waals surface area contributed by atoms with Gasteiger partial charge in [0.1, 0.15) is 0 Å². The highest BCUT2D eigenvalue weighted by atomic mass is 32.1. The van der Waals surface area contributed by atoms with E-state index in [2.05, 4.69) is 15.6 Å². The zero-order chi connectivity index (χ0) is 15.9. The predicted molar refractivity (Wildman–Crippen MR) is 86.6 cm³/mol. The number of carbonyl (C=O) groups is 1. The Morgan fingerprint density at radius 1 is 1.24 bits per heavy atom. The minimum absolute atomic E-state index is 0.259. The summed E-state index contributed by atoms with van der Waals surface area (Å²) in [6.07, 6.45) is 3.20. The average molecular weight is 313 g/mol. The summed E-state index contributed by atoms with van der Waals surface area (Å²) in [7, 11) is 0. The molecule has 0 aromatic carbocycles. The minimum atomic E-state index is -0.798. The van der Waals surface area contributed by atoms with Crippen LogP contribution in [0.15, 0.2) is 0 Å². The first-order valence-electron chi connectivity index (χ1n) is 7.57. The molecule has 0 saturated heterocycles. The molecule has 0 bridgehead atoms. The summed E-state index contributed by atoms with van der Waals surface area (Å²) in [5, 5.41) is 17.0. The Hall–Kier alpha value is -1.14. The number of carbonyl (C=O) groups excluding carboxylic acids is 1. The van der Waals surface area contributed by atoms with Crippen molar-refractivity contribution in [3.63, 3.8) is 0 Å². The fourth-order valence-electron chi connectivity index (χ4n) is 2.44. The van der Waals surface area contributed by atoms with E-state index in [1.165, 1.54) is 0 Å². The summed E-state index contributed by atoms with van der Waals surface area (Å²) in [6, 6.07) is -0.259. The smallest absolute Gasteiger partial charge is 0.315 e. The molecule has 1 heterocycles. The lowest BCUT2D eigenvalue weighted by atomic mass is 9.93. The number of aryl methyl sites for hydroxylation is 2. The molecule has 0 atom stereocenters. The van der Waals surface area contributed by atoms with Gasteiger partial charge in [-0.05, 0) is 26.7 Å². The fraction of sp³-hybridized carbons (Fsp3) is 0.733. The van der Waals surface area contributed by atoms with E-state index < -0.39 is 5.60 Å². The maximum absolute atomic E-state index is 11.8. The summed E-state index contributed by atoms with van der Waals surface area (Å²) in [6.45, 7) is 8.73. The van der Waals surface area contributed by atoms with Crippen molar-refractivity contribution in [1.82, 2.24) is 15.6 Å². The number of aromatic nitrogens is 1. The third-order valence-electron chi connectivity index (χ3n) is 3.42. The number of rotatable bonds is 8. The molecule has 5 nitrogen and oxygen atoms in total. The van der Waals surface area contributed by atoms with Crippen molar-refractivity contribution in [2.24, 2.45) is 0 Å². The van der Waals surface area contributed by atoms with Crippen LogP contribution >= 0.6 is 11.3 Å². The van der Waals surface area contributed by atoms with Crippen LogP contribution < -0.4 is 10.6 Å². The van der Waals surface area contributed by atoms with Crippen molar-refractivity contribution in [2.45, 2.75) is 65.5 Å². The monoisotopic (exact) mass is 313 g/mol. The Labute approximate surface area is 131 Å². The topological polar surface area (TPSA) is 74.2 Å². The van der Waals surface area contributed by atoms with E-state index >= 15 is 0 Å². The van der Waals surface area contributed by atoms with E-state index in [9.17, 15) is 9.90 Å². The van der Waals surface area contributed by atoms with Crippen LogP contribution in [0.5, 0.6) is 0 Å². The van der Waals surface area contributed by atoms with Crippen molar-refractivity contribution >= 4 is 17.4 Å². The maximum atomic E-state index is 11.8. The van der Waals surface area contributed by atoms with E-state index in [-0.39, 0.29) is 12.6 Å². The molecule has 120 valence electrons. The largest absolute Gasteiger partial charge is 0.388 e. The fourth-order valence-corrected chi connectivity index (χ4v) is 3.27. The van der Waals surface area contributed by atoms with Crippen LogP contribution in [0.3, 0.4) is 0 Å². The highest BCUT2D eigenvalue weighted by Gasteiger charge is 2.25. The first-order valence-corrected chi connectivity index (χ1v) is 8.39. The lowest BCUT2D eigenvalue weighted by Gasteiger charge is -2.27. The van der Waals surface area contributed by atoms with Crippen LogP contribution in [-0.4, -0.2) is 28.3 Å². The second-order valence-corrected chi connectivity index (χ2v) is 6.90. The number of nitrogens with one attached hydrogen (secondary N) is 2. The van der Waals surface area contributed by atoms with Crippen molar-refractivity contribution in [3.05, 3.63) is 15.6 Å². The van der Waals surface area contributed by atoms with Gasteiger partial charge in [0.15, 0.2) is 0 Å². The average Bonchev–Trinajstić information content (AvgIpc) is 2.73. The van der Waals surface area contributed by atoms with Gasteiger partial charge in [-0.2, -0.15) is 0 Å². The van der Waals surface area contributed by atoms with Crippen molar-refractivity contribution < 1.29 is 9.90 Å². The third kappa shape index (κ3) is 6.01. The molecule has 0 aliphatic rings. The van der Waals surface area contributed by atoms with E-state index in [1.807, 2.05) is 27.7 Å². The minimum Gasteiger partial charge on any atom is -0.388 e. The molecule has 0 aliphatic carbocycles. The normalized spacial score (nSPS) is 11.5. The van der Waals surface area contributed by atoms with Crippen LogP contribution in [0.25, 0.3) is 0 Å². The second kappa shape index (κ2) is 8.34. The van der Waals surface area contributed by atoms with Crippen LogP contribution in [-0.2, 0) is 6.54 Å². The molecule has 0 spiro atoms. The summed E-state index contributed by atoms with van der Waals surface area (Å²) < 4.78 is 0. The summed E-state index contributed by atoms with van der Waals surface area (Å²) in [4.78, 5) is 17.3. The summed E-state index contributed by atoms with van der Waals surface area (Å²) in [5.74, 6) is 0. The molecule has 2 amide bonds. The number of nitrogens with zero attached hydrogens (tertiary/aromatic N) is 1. The van der Waals surface area contributed by atoms with Crippen molar-refractivity contribution in [2.75, 3.05) is 6.54 Å². The number of aliphatic hydroxyl groups is 1. The SMILES string of the molecule is CCCC(O)(CCC)CNC(=O)NCc1nc(C)sc1C. The molecule has 0 saturated carbocycles. The van der Waals surface area contributed by atoms with E-state index in [4.69, 9.17) is 0 Å². The molecule has 21 heavy (non-hydrogen) atoms. The molecule has 1 aromatic rings. The second-order valence-electron chi connectivity index (χ2n) is 5.50. The number of hydrogen-bond acceptors (Lipinski definition) is 4. The molecule has 1 rings (SSSR count). The van der Waals surface area contributed by atoms with E-state index in [0.29, 0.717) is 19.4 Å². The third-order valence-corrected chi connectivity index (χ3v) is 4.35. The van der Waals surface area contributed by atoms with Gasteiger partial charge in [0.05, 0.1) is 22.8 Å². The van der Waals surface area contributed by atoms with Gasteiger partial charge < -0.3 is 15.7 Å². The Morgan fingerprint density at radius 3 is 2.33 bits per heavy atom. The zero-order valence-electron chi connectivity index (χ0n) is 13.5. The van der Waals surface area contributed by atoms with Gasteiger partial charge in [-0.25, -0.2) is 9.78 Å². The van der Waals surface area contributed by atoms with Gasteiger partial charge in [-0.3, -0.25) is 0 Å². The van der Waals surface area contributed by atoms with E-state index in [0.717, 1.165) is 28.4 Å². The number of urea groups is 1. The van der Waals surface area contributed by atoms with Crippen LogP contribution in [0.4, 0.5) is 4.79 Å². The van der Waals surface area contributed by atoms with Gasteiger partial charge in [-0.1, -0.05) is 26.7 Å². The maximum Gasteiger partial charge on any atom is 0.315 e. The first kappa shape index (κ1) is 17.9. The van der Waals surface area contributed by atoms with Crippen LogP contribution in [0.1, 0.15) is 55.1 Å². The van der Waals surface area contributed by atoms with Gasteiger partial charge in [0, 0.05) is 11.4 Å². The lowest BCUT2D eigenvalue weighted by Crippen LogP contribution is -2.46. The Balaban J connectivity index is 2.41. The number of thiazole rings is 1. The van der Waals surface area contributed by atoms with Gasteiger partial charge in [0.25, 0.3) is 0 Å². The van der Waals surface area contributed by atoms with Crippen molar-refractivity contribution in [1.29, 1.82) is 0 Å². The molecule has 6 heteroatoms. The molecular weight excluding hydrogens is 286 g/mol. The Kier molecular flexibility index (Phi) is 7.11. The molecular formula is C15H27N3O2S.